The van der Waals surface area contributed by atoms with Crippen LogP contribution < -0.4 is 15.0 Å². The molecule has 0 radical (unpaired) electrons. The summed E-state index contributed by atoms with van der Waals surface area (Å²) in [6.07, 6.45) is 4.16. The molecule has 1 saturated heterocycles. The molecule has 1 aliphatic heterocycles. The number of carbonyl (C=O) groups excluding carboxylic acids is 1. The molecule has 0 bridgehead atoms. The number of piperidine rings is 1. The molecule has 1 N–H and O–H groups in total. The number of hydrogen-bond donors (Lipinski definition) is 1. The third kappa shape index (κ3) is 6.29. The minimum Gasteiger partial charge on any atom is -0.497 e. The molecule has 1 aliphatic rings. The Labute approximate surface area is 193 Å². The van der Waals surface area contributed by atoms with Gasteiger partial charge < -0.3 is 15.0 Å². The Morgan fingerprint density at radius 3 is 2.69 bits per heavy atom. The van der Waals surface area contributed by atoms with Crippen LogP contribution in [0.25, 0.3) is 0 Å². The third-order valence-corrected chi connectivity index (χ3v) is 6.73. The van der Waals surface area contributed by atoms with Crippen LogP contribution in [-0.4, -0.2) is 42.0 Å². The maximum atomic E-state index is 12.2. The first-order valence-electron chi connectivity index (χ1n) is 11.2. The summed E-state index contributed by atoms with van der Waals surface area (Å²) in [6, 6.07) is 18.2. The summed E-state index contributed by atoms with van der Waals surface area (Å²) >= 11 is 1.47. The molecule has 1 amide bonds. The van der Waals surface area contributed by atoms with Gasteiger partial charge in [0.15, 0.2) is 0 Å². The van der Waals surface area contributed by atoms with Crippen molar-refractivity contribution in [2.75, 3.05) is 31.6 Å². The molecule has 0 saturated carbocycles. The highest BCUT2D eigenvalue weighted by Gasteiger charge is 2.22. The molecule has 0 unspecified atom stereocenters. The van der Waals surface area contributed by atoms with Crippen molar-refractivity contribution in [3.63, 3.8) is 0 Å². The van der Waals surface area contributed by atoms with Gasteiger partial charge in [-0.3, -0.25) is 4.79 Å². The van der Waals surface area contributed by atoms with E-state index in [0.717, 1.165) is 61.2 Å². The van der Waals surface area contributed by atoms with Crippen molar-refractivity contribution in [2.24, 2.45) is 5.92 Å². The smallest absolute Gasteiger partial charge is 0.220 e. The molecule has 32 heavy (non-hydrogen) atoms. The number of ether oxygens (including phenoxy) is 1. The zero-order valence-corrected chi connectivity index (χ0v) is 19.3. The first-order chi connectivity index (χ1) is 15.7. The number of benzene rings is 2. The fourth-order valence-corrected chi connectivity index (χ4v) is 4.72. The van der Waals surface area contributed by atoms with Crippen LogP contribution in [0.5, 0.6) is 5.75 Å². The first kappa shape index (κ1) is 22.3. The predicted octanol–water partition coefficient (Wildman–Crippen LogP) is 4.10. The van der Waals surface area contributed by atoms with E-state index in [9.17, 15) is 4.79 Å². The summed E-state index contributed by atoms with van der Waals surface area (Å²) in [5, 5.41) is 4.12. The Hall–Kier alpha value is -2.93. The molecular formula is C25H30N4O2S. The zero-order valence-electron chi connectivity index (χ0n) is 18.5. The van der Waals surface area contributed by atoms with Crippen LogP contribution in [-0.2, 0) is 17.6 Å². The number of hydrogen-bond acceptors (Lipinski definition) is 6. The Morgan fingerprint density at radius 2 is 1.91 bits per heavy atom. The second-order valence-electron chi connectivity index (χ2n) is 8.24. The number of aryl methyl sites for hydroxylation is 1. The molecule has 0 atom stereocenters. The lowest BCUT2D eigenvalue weighted by Crippen LogP contribution is -2.38. The lowest BCUT2D eigenvalue weighted by atomic mass is 9.97. The largest absolute Gasteiger partial charge is 0.497 e. The quantitative estimate of drug-likeness (QED) is 0.532. The maximum Gasteiger partial charge on any atom is 0.220 e. The summed E-state index contributed by atoms with van der Waals surface area (Å²) in [7, 11) is 1.68. The number of nitrogens with one attached hydrogen (secondary N) is 1. The Balaban J connectivity index is 1.19. The van der Waals surface area contributed by atoms with Crippen LogP contribution in [0.1, 0.15) is 36.2 Å². The van der Waals surface area contributed by atoms with Crippen LogP contribution in [0.4, 0.5) is 5.13 Å². The molecule has 1 fully saturated rings. The number of nitrogens with zero attached hydrogens (tertiary/aromatic N) is 3. The van der Waals surface area contributed by atoms with Crippen molar-refractivity contribution >= 4 is 22.6 Å². The topological polar surface area (TPSA) is 67.3 Å². The van der Waals surface area contributed by atoms with Gasteiger partial charge in [0.25, 0.3) is 0 Å². The first-order valence-corrected chi connectivity index (χ1v) is 12.0. The molecule has 0 aliphatic carbocycles. The van der Waals surface area contributed by atoms with Crippen molar-refractivity contribution in [3.8, 4) is 5.75 Å². The summed E-state index contributed by atoms with van der Waals surface area (Å²) in [5.74, 6) is 2.37. The van der Waals surface area contributed by atoms with E-state index in [1.807, 2.05) is 36.4 Å². The number of methoxy groups -OCH3 is 1. The van der Waals surface area contributed by atoms with Crippen LogP contribution in [0.2, 0.25) is 0 Å². The normalized spacial score (nSPS) is 14.3. The number of carbonyl (C=O) groups is 1. The third-order valence-electron chi connectivity index (χ3n) is 5.91. The summed E-state index contributed by atoms with van der Waals surface area (Å²) in [4.78, 5) is 19.3. The van der Waals surface area contributed by atoms with Gasteiger partial charge in [-0.05, 0) is 48.4 Å². The van der Waals surface area contributed by atoms with Crippen molar-refractivity contribution in [1.82, 2.24) is 14.7 Å². The minimum absolute atomic E-state index is 0.141. The summed E-state index contributed by atoms with van der Waals surface area (Å²) < 4.78 is 9.86. The molecular weight excluding hydrogens is 420 g/mol. The maximum absolute atomic E-state index is 12.2. The number of rotatable bonds is 9. The van der Waals surface area contributed by atoms with Crippen molar-refractivity contribution in [2.45, 2.75) is 32.1 Å². The highest BCUT2D eigenvalue weighted by Crippen LogP contribution is 2.25. The molecule has 1 aromatic heterocycles. The van der Waals surface area contributed by atoms with E-state index in [-0.39, 0.29) is 5.91 Å². The molecule has 7 heteroatoms. The monoisotopic (exact) mass is 450 g/mol. The van der Waals surface area contributed by atoms with Gasteiger partial charge in [-0.15, -0.1) is 0 Å². The van der Waals surface area contributed by atoms with E-state index >= 15 is 0 Å². The van der Waals surface area contributed by atoms with Gasteiger partial charge in [0.05, 0.1) is 7.11 Å². The number of anilines is 1. The van der Waals surface area contributed by atoms with E-state index in [2.05, 4.69) is 32.8 Å². The lowest BCUT2D eigenvalue weighted by molar-refractivity contribution is -0.121. The SMILES string of the molecule is COc1cccc(Cc2nsc(N3CCC(CNC(=O)CCc4ccccc4)CC3)n2)c1. The van der Waals surface area contributed by atoms with E-state index in [4.69, 9.17) is 9.72 Å². The lowest BCUT2D eigenvalue weighted by Gasteiger charge is -2.31. The standard InChI is InChI=1S/C25H30N4O2S/c1-31-22-9-5-8-21(16-22)17-23-27-25(32-28-23)29-14-12-20(13-15-29)18-26-24(30)11-10-19-6-3-2-4-7-19/h2-9,16,20H,10-15,17-18H2,1H3,(H,26,30). The molecule has 2 heterocycles. The van der Waals surface area contributed by atoms with Gasteiger partial charge >= 0.3 is 0 Å². The fourth-order valence-electron chi connectivity index (χ4n) is 3.99. The highest BCUT2D eigenvalue weighted by molar-refractivity contribution is 7.09. The van der Waals surface area contributed by atoms with Gasteiger partial charge in [-0.25, -0.2) is 4.98 Å². The van der Waals surface area contributed by atoms with E-state index < -0.39 is 0 Å². The van der Waals surface area contributed by atoms with Gasteiger partial charge in [0, 0.05) is 44.0 Å². The van der Waals surface area contributed by atoms with Crippen molar-refractivity contribution < 1.29 is 9.53 Å². The number of amides is 1. The average molecular weight is 451 g/mol. The Kier molecular flexibility index (Phi) is 7.72. The van der Waals surface area contributed by atoms with E-state index in [1.165, 1.54) is 17.1 Å². The second-order valence-corrected chi connectivity index (χ2v) is 8.97. The average Bonchev–Trinajstić information content (AvgIpc) is 3.31. The Bertz CT molecular complexity index is 1000. The predicted molar refractivity (Wildman–Crippen MR) is 128 cm³/mol. The van der Waals surface area contributed by atoms with E-state index in [0.29, 0.717) is 18.8 Å². The Morgan fingerprint density at radius 1 is 1.12 bits per heavy atom. The molecule has 2 aromatic carbocycles. The molecule has 168 valence electrons. The van der Waals surface area contributed by atoms with Crippen LogP contribution in [0, 0.1) is 5.92 Å². The zero-order chi connectivity index (χ0) is 22.2. The van der Waals surface area contributed by atoms with Crippen LogP contribution >= 0.6 is 11.5 Å². The summed E-state index contributed by atoms with van der Waals surface area (Å²) in [5.41, 5.74) is 2.36. The van der Waals surface area contributed by atoms with Gasteiger partial charge in [0.1, 0.15) is 11.6 Å². The van der Waals surface area contributed by atoms with Crippen LogP contribution in [0.15, 0.2) is 54.6 Å². The van der Waals surface area contributed by atoms with E-state index in [1.54, 1.807) is 7.11 Å². The van der Waals surface area contributed by atoms with Crippen LogP contribution in [0.3, 0.4) is 0 Å². The van der Waals surface area contributed by atoms with Gasteiger partial charge in [-0.2, -0.15) is 4.37 Å². The summed E-state index contributed by atoms with van der Waals surface area (Å²) in [6.45, 7) is 2.68. The molecule has 4 rings (SSSR count). The molecule has 6 nitrogen and oxygen atoms in total. The molecule has 0 spiro atoms. The van der Waals surface area contributed by atoms with Gasteiger partial charge in [0.2, 0.25) is 11.0 Å². The van der Waals surface area contributed by atoms with Gasteiger partial charge in [-0.1, -0.05) is 42.5 Å². The minimum atomic E-state index is 0.141. The molecule has 3 aromatic rings. The highest BCUT2D eigenvalue weighted by atomic mass is 32.1. The van der Waals surface area contributed by atoms with Crippen molar-refractivity contribution in [1.29, 1.82) is 0 Å². The second kappa shape index (κ2) is 11.1. The number of aromatic nitrogens is 2. The fraction of sp³-hybridized carbons (Fsp3) is 0.400. The van der Waals surface area contributed by atoms with Crippen molar-refractivity contribution in [3.05, 3.63) is 71.5 Å².